The summed E-state index contributed by atoms with van der Waals surface area (Å²) in [5.41, 5.74) is -0.536. The van der Waals surface area contributed by atoms with E-state index < -0.39 is 23.3 Å². The quantitative estimate of drug-likeness (QED) is 0.0432. The zero-order valence-electron chi connectivity index (χ0n) is 32.6. The minimum Gasteiger partial charge on any atom is -0.481 e. The second-order valence-corrected chi connectivity index (χ2v) is 15.1. The number of carboxylic acids is 3. The molecule has 6 heteroatoms. The van der Waals surface area contributed by atoms with Crippen LogP contribution in [-0.4, -0.2) is 33.2 Å². The van der Waals surface area contributed by atoms with E-state index in [0.29, 0.717) is 12.8 Å². The lowest BCUT2D eigenvalue weighted by atomic mass is 9.74. The van der Waals surface area contributed by atoms with Crippen LogP contribution in [-0.2, 0) is 14.4 Å². The molecule has 1 unspecified atom stereocenters. The Morgan fingerprint density at radius 3 is 1.04 bits per heavy atom. The Morgan fingerprint density at radius 1 is 0.400 bits per heavy atom. The third-order valence-electron chi connectivity index (χ3n) is 10.4. The smallest absolute Gasteiger partial charge is 0.309 e. The van der Waals surface area contributed by atoms with Gasteiger partial charge in [0.25, 0.3) is 0 Å². The van der Waals surface area contributed by atoms with Gasteiger partial charge in [0.05, 0.1) is 5.41 Å². The van der Waals surface area contributed by atoms with Gasteiger partial charge in [0.1, 0.15) is 0 Å². The van der Waals surface area contributed by atoms with Gasteiger partial charge in [0, 0.05) is 12.8 Å². The van der Waals surface area contributed by atoms with E-state index in [1.165, 1.54) is 96.3 Å². The van der Waals surface area contributed by atoms with E-state index in [4.69, 9.17) is 10.2 Å². The topological polar surface area (TPSA) is 112 Å². The molecule has 0 fully saturated rings. The Hall–Kier alpha value is -2.11. The van der Waals surface area contributed by atoms with Gasteiger partial charge in [-0.3, -0.25) is 14.4 Å². The van der Waals surface area contributed by atoms with E-state index in [9.17, 15) is 19.5 Å². The van der Waals surface area contributed by atoms with Gasteiger partial charge in [-0.1, -0.05) is 179 Å². The maximum atomic E-state index is 12.7. The largest absolute Gasteiger partial charge is 0.481 e. The molecule has 0 rings (SSSR count). The van der Waals surface area contributed by atoms with E-state index in [1.807, 2.05) is 0 Å². The molecule has 0 bridgehead atoms. The standard InChI is InChI=1S/C44H80O6/c1-2-3-4-33-38-44(43(49)50,39-34-29-25-21-17-13-9-5-7-11-15-19-23-27-31-36-41(45)46)40-35-30-26-22-18-14-10-6-8-12-16-20-24-28-32-37-42(47)48/h5,7,13,17H,2-4,6,8-12,14-16,18-40H2,1H3,(H,45,46)(H,47,48)(H,49,50). The van der Waals surface area contributed by atoms with Crippen molar-refractivity contribution in [1.29, 1.82) is 0 Å². The third-order valence-corrected chi connectivity index (χ3v) is 10.4. The number of rotatable bonds is 40. The van der Waals surface area contributed by atoms with Crippen LogP contribution in [0.1, 0.15) is 232 Å². The van der Waals surface area contributed by atoms with Gasteiger partial charge in [-0.05, 0) is 64.2 Å². The Balaban J connectivity index is 4.09. The maximum Gasteiger partial charge on any atom is 0.309 e. The predicted molar refractivity (Wildman–Crippen MR) is 211 cm³/mol. The summed E-state index contributed by atoms with van der Waals surface area (Å²) in [6.45, 7) is 2.21. The lowest BCUT2D eigenvalue weighted by Crippen LogP contribution is -2.31. The molecule has 0 spiro atoms. The average Bonchev–Trinajstić information content (AvgIpc) is 3.08. The average molecular weight is 705 g/mol. The number of aliphatic carboxylic acids is 3. The molecule has 0 saturated carbocycles. The summed E-state index contributed by atoms with van der Waals surface area (Å²) in [7, 11) is 0. The van der Waals surface area contributed by atoms with E-state index in [0.717, 1.165) is 116 Å². The van der Waals surface area contributed by atoms with Crippen LogP contribution in [0.5, 0.6) is 0 Å². The summed E-state index contributed by atoms with van der Waals surface area (Å²) in [5.74, 6) is -1.93. The number of carbonyl (C=O) groups is 3. The van der Waals surface area contributed by atoms with Gasteiger partial charge in [-0.25, -0.2) is 0 Å². The summed E-state index contributed by atoms with van der Waals surface area (Å²) < 4.78 is 0. The molecule has 3 N–H and O–H groups in total. The number of hydrogen-bond donors (Lipinski definition) is 3. The van der Waals surface area contributed by atoms with Crippen molar-refractivity contribution in [3.63, 3.8) is 0 Å². The van der Waals surface area contributed by atoms with Gasteiger partial charge in [-0.2, -0.15) is 0 Å². The van der Waals surface area contributed by atoms with Crippen LogP contribution in [0.3, 0.4) is 0 Å². The summed E-state index contributed by atoms with van der Waals surface area (Å²) in [6.07, 6.45) is 46.5. The Bertz CT molecular complexity index is 849. The van der Waals surface area contributed by atoms with E-state index >= 15 is 0 Å². The van der Waals surface area contributed by atoms with Crippen LogP contribution in [0, 0.1) is 5.41 Å². The third kappa shape index (κ3) is 33.1. The molecule has 0 heterocycles. The molecule has 0 aromatic carbocycles. The highest BCUT2D eigenvalue weighted by Gasteiger charge is 2.36. The fourth-order valence-electron chi connectivity index (χ4n) is 7.10. The molecular weight excluding hydrogens is 624 g/mol. The SMILES string of the molecule is CCCCCCC(CCCCCC=CCC=CCCCCCCCC(=O)O)(CCCCCCCCCCCCCCCCCC(=O)O)C(=O)O. The number of unbranched alkanes of at least 4 members (excludes halogenated alkanes) is 25. The lowest BCUT2D eigenvalue weighted by Gasteiger charge is -2.30. The van der Waals surface area contributed by atoms with Crippen LogP contribution in [0.4, 0.5) is 0 Å². The van der Waals surface area contributed by atoms with Crippen molar-refractivity contribution in [1.82, 2.24) is 0 Å². The fourth-order valence-corrected chi connectivity index (χ4v) is 7.10. The molecule has 292 valence electrons. The van der Waals surface area contributed by atoms with Crippen molar-refractivity contribution < 1.29 is 29.7 Å². The fraction of sp³-hybridized carbons (Fsp3) is 0.841. The molecule has 1 atom stereocenters. The molecule has 0 amide bonds. The van der Waals surface area contributed by atoms with Crippen molar-refractivity contribution >= 4 is 17.9 Å². The Morgan fingerprint density at radius 2 is 0.700 bits per heavy atom. The number of allylic oxidation sites excluding steroid dienone is 4. The van der Waals surface area contributed by atoms with E-state index in [2.05, 4.69) is 31.2 Å². The first-order valence-corrected chi connectivity index (χ1v) is 21.3. The highest BCUT2D eigenvalue weighted by molar-refractivity contribution is 5.74. The minimum atomic E-state index is -0.691. The van der Waals surface area contributed by atoms with E-state index in [1.54, 1.807) is 0 Å². The van der Waals surface area contributed by atoms with Crippen molar-refractivity contribution in [3.05, 3.63) is 24.3 Å². The molecule has 0 radical (unpaired) electrons. The van der Waals surface area contributed by atoms with Gasteiger partial charge in [-0.15, -0.1) is 0 Å². The first-order valence-electron chi connectivity index (χ1n) is 21.3. The van der Waals surface area contributed by atoms with Crippen LogP contribution in [0.15, 0.2) is 24.3 Å². The van der Waals surface area contributed by atoms with Crippen molar-refractivity contribution in [2.75, 3.05) is 0 Å². The molecule has 0 aliphatic rings. The molecule has 6 nitrogen and oxygen atoms in total. The van der Waals surface area contributed by atoms with E-state index in [-0.39, 0.29) is 0 Å². The molecule has 0 saturated heterocycles. The van der Waals surface area contributed by atoms with Crippen molar-refractivity contribution in [2.45, 2.75) is 232 Å². The minimum absolute atomic E-state index is 0.293. The number of hydrogen-bond acceptors (Lipinski definition) is 3. The summed E-state index contributed by atoms with van der Waals surface area (Å²) in [4.78, 5) is 33.7. The molecule has 0 aliphatic heterocycles. The second kappa shape index (κ2) is 36.7. The first kappa shape index (κ1) is 47.9. The normalized spacial score (nSPS) is 13.0. The van der Waals surface area contributed by atoms with Gasteiger partial charge in [0.15, 0.2) is 0 Å². The second-order valence-electron chi connectivity index (χ2n) is 15.1. The summed E-state index contributed by atoms with van der Waals surface area (Å²) >= 11 is 0. The lowest BCUT2D eigenvalue weighted by molar-refractivity contribution is -0.151. The molecule has 0 aromatic rings. The summed E-state index contributed by atoms with van der Waals surface area (Å²) in [5, 5.41) is 27.8. The van der Waals surface area contributed by atoms with Crippen molar-refractivity contribution in [2.24, 2.45) is 5.41 Å². The van der Waals surface area contributed by atoms with Crippen LogP contribution in [0.2, 0.25) is 0 Å². The highest BCUT2D eigenvalue weighted by Crippen LogP contribution is 2.38. The maximum absolute atomic E-state index is 12.7. The Kier molecular flexibility index (Phi) is 35.1. The van der Waals surface area contributed by atoms with Crippen LogP contribution in [0.25, 0.3) is 0 Å². The van der Waals surface area contributed by atoms with Gasteiger partial charge in [0.2, 0.25) is 0 Å². The van der Waals surface area contributed by atoms with Gasteiger partial charge < -0.3 is 15.3 Å². The summed E-state index contributed by atoms with van der Waals surface area (Å²) in [6, 6.07) is 0. The molecule has 0 aromatic heterocycles. The molecule has 0 aliphatic carbocycles. The number of carboxylic acid groups (broad SMARTS) is 3. The first-order chi connectivity index (χ1) is 24.3. The van der Waals surface area contributed by atoms with Gasteiger partial charge >= 0.3 is 17.9 Å². The van der Waals surface area contributed by atoms with Crippen molar-refractivity contribution in [3.8, 4) is 0 Å². The van der Waals surface area contributed by atoms with Crippen LogP contribution >= 0.6 is 0 Å². The monoisotopic (exact) mass is 705 g/mol. The zero-order chi connectivity index (χ0) is 36.8. The molecular formula is C44H80O6. The van der Waals surface area contributed by atoms with Crippen LogP contribution < -0.4 is 0 Å². The highest BCUT2D eigenvalue weighted by atomic mass is 16.4. The Labute approximate surface area is 308 Å². The predicted octanol–water partition coefficient (Wildman–Crippen LogP) is 14.0. The molecule has 50 heavy (non-hydrogen) atoms. The zero-order valence-corrected chi connectivity index (χ0v) is 32.6.